The van der Waals surface area contributed by atoms with E-state index < -0.39 is 0 Å². The lowest BCUT2D eigenvalue weighted by Crippen LogP contribution is -2.47. The SMILES string of the molecule is COCCC(=O)NC1CCC(CCN2CCN(c3nccc4ccsc34)CC2)CC1. The Kier molecular flexibility index (Phi) is 7.57. The number of nitrogens with zero attached hydrogens (tertiary/aromatic N) is 3. The van der Waals surface area contributed by atoms with E-state index in [4.69, 9.17) is 4.74 Å². The average molecular weight is 431 g/mol. The van der Waals surface area contributed by atoms with E-state index in [1.54, 1.807) is 18.4 Å². The minimum absolute atomic E-state index is 0.130. The van der Waals surface area contributed by atoms with E-state index in [-0.39, 0.29) is 5.91 Å². The van der Waals surface area contributed by atoms with Crippen LogP contribution < -0.4 is 10.2 Å². The minimum atomic E-state index is 0.130. The highest BCUT2D eigenvalue weighted by Crippen LogP contribution is 2.30. The number of thiophene rings is 1. The summed E-state index contributed by atoms with van der Waals surface area (Å²) < 4.78 is 6.30. The number of carbonyl (C=O) groups excluding carboxylic acids is 1. The standard InChI is InChI=1S/C23H34N4O2S/c1-29-16-8-21(28)25-20-4-2-18(3-5-20)7-11-26-12-14-27(15-13-26)23-22-19(6-10-24-23)9-17-30-22/h6,9-10,17-18,20H,2-5,7-8,11-16H2,1H3,(H,25,28). The molecule has 6 nitrogen and oxygen atoms in total. The van der Waals surface area contributed by atoms with Crippen molar-refractivity contribution in [3.8, 4) is 0 Å². The van der Waals surface area contributed by atoms with Gasteiger partial charge in [0.25, 0.3) is 0 Å². The van der Waals surface area contributed by atoms with Crippen LogP contribution in [0.2, 0.25) is 0 Å². The molecule has 2 aromatic heterocycles. The molecule has 1 saturated heterocycles. The average Bonchev–Trinajstić information content (AvgIpc) is 3.27. The lowest BCUT2D eigenvalue weighted by molar-refractivity contribution is -0.122. The van der Waals surface area contributed by atoms with Crippen molar-refractivity contribution in [2.24, 2.45) is 5.92 Å². The Morgan fingerprint density at radius 1 is 1.20 bits per heavy atom. The number of nitrogens with one attached hydrogen (secondary N) is 1. The molecule has 30 heavy (non-hydrogen) atoms. The normalized spacial score (nSPS) is 23.0. The van der Waals surface area contributed by atoms with Crippen LogP contribution >= 0.6 is 11.3 Å². The highest BCUT2D eigenvalue weighted by atomic mass is 32.1. The van der Waals surface area contributed by atoms with Gasteiger partial charge in [-0.05, 0) is 67.5 Å². The van der Waals surface area contributed by atoms with E-state index in [1.165, 1.54) is 35.9 Å². The first-order valence-corrected chi connectivity index (χ1v) is 12.2. The number of hydrogen-bond donors (Lipinski definition) is 1. The van der Waals surface area contributed by atoms with Crippen molar-refractivity contribution in [2.75, 3.05) is 51.3 Å². The van der Waals surface area contributed by atoms with Crippen LogP contribution in [0.5, 0.6) is 0 Å². The Morgan fingerprint density at radius 3 is 2.77 bits per heavy atom. The molecule has 0 unspecified atom stereocenters. The Hall–Kier alpha value is -1.70. The molecule has 0 radical (unpaired) electrons. The molecule has 7 heteroatoms. The molecule has 1 aliphatic heterocycles. The summed E-state index contributed by atoms with van der Waals surface area (Å²) in [4.78, 5) is 21.6. The number of pyridine rings is 1. The smallest absolute Gasteiger partial charge is 0.222 e. The number of piperazine rings is 1. The van der Waals surface area contributed by atoms with E-state index in [1.807, 2.05) is 6.20 Å². The molecule has 0 bridgehead atoms. The third-order valence-electron chi connectivity index (χ3n) is 6.62. The van der Waals surface area contributed by atoms with Gasteiger partial charge in [-0.3, -0.25) is 9.69 Å². The maximum absolute atomic E-state index is 11.9. The van der Waals surface area contributed by atoms with Gasteiger partial charge in [0.1, 0.15) is 5.82 Å². The fourth-order valence-corrected chi connectivity index (χ4v) is 5.65. The summed E-state index contributed by atoms with van der Waals surface area (Å²) in [5.74, 6) is 2.09. The Bertz CT molecular complexity index is 810. The topological polar surface area (TPSA) is 57.7 Å². The van der Waals surface area contributed by atoms with Gasteiger partial charge in [0.15, 0.2) is 0 Å². The number of rotatable bonds is 8. The summed E-state index contributed by atoms with van der Waals surface area (Å²) in [5.41, 5.74) is 0. The summed E-state index contributed by atoms with van der Waals surface area (Å²) in [5, 5.41) is 6.63. The van der Waals surface area contributed by atoms with Crippen LogP contribution in [0.15, 0.2) is 23.7 Å². The Morgan fingerprint density at radius 2 is 2.00 bits per heavy atom. The van der Waals surface area contributed by atoms with Crippen molar-refractivity contribution in [3.63, 3.8) is 0 Å². The highest BCUT2D eigenvalue weighted by Gasteiger charge is 2.24. The number of aromatic nitrogens is 1. The fraction of sp³-hybridized carbons (Fsp3) is 0.652. The Balaban J connectivity index is 1.15. The molecule has 1 amide bonds. The van der Waals surface area contributed by atoms with Crippen molar-refractivity contribution in [1.82, 2.24) is 15.2 Å². The first-order valence-electron chi connectivity index (χ1n) is 11.3. The van der Waals surface area contributed by atoms with Gasteiger partial charge >= 0.3 is 0 Å². The number of methoxy groups -OCH3 is 1. The van der Waals surface area contributed by atoms with Gasteiger partial charge in [-0.25, -0.2) is 4.98 Å². The van der Waals surface area contributed by atoms with Gasteiger partial charge < -0.3 is 15.0 Å². The van der Waals surface area contributed by atoms with E-state index >= 15 is 0 Å². The molecular weight excluding hydrogens is 396 g/mol. The summed E-state index contributed by atoms with van der Waals surface area (Å²) >= 11 is 1.79. The van der Waals surface area contributed by atoms with Gasteiger partial charge in [-0.15, -0.1) is 11.3 Å². The first kappa shape index (κ1) is 21.5. The molecule has 3 heterocycles. The molecule has 0 aromatic carbocycles. The van der Waals surface area contributed by atoms with Crippen molar-refractivity contribution in [2.45, 2.75) is 44.6 Å². The van der Waals surface area contributed by atoms with E-state index in [0.717, 1.165) is 50.8 Å². The summed E-state index contributed by atoms with van der Waals surface area (Å²) in [7, 11) is 1.64. The largest absolute Gasteiger partial charge is 0.384 e. The molecule has 0 spiro atoms. The Labute approximate surface area is 183 Å². The third-order valence-corrected chi connectivity index (χ3v) is 7.55. The molecule has 0 atom stereocenters. The van der Waals surface area contributed by atoms with Gasteiger partial charge in [-0.2, -0.15) is 0 Å². The lowest BCUT2D eigenvalue weighted by atomic mass is 9.84. The molecule has 2 aromatic rings. The second-order valence-electron chi connectivity index (χ2n) is 8.62. The molecule has 2 aliphatic rings. The minimum Gasteiger partial charge on any atom is -0.384 e. The summed E-state index contributed by atoms with van der Waals surface area (Å²) in [6.45, 7) is 6.06. The maximum Gasteiger partial charge on any atom is 0.222 e. The van der Waals surface area contributed by atoms with E-state index in [2.05, 4.69) is 37.6 Å². The molecule has 1 saturated carbocycles. The van der Waals surface area contributed by atoms with Crippen molar-refractivity contribution < 1.29 is 9.53 Å². The predicted octanol–water partition coefficient (Wildman–Crippen LogP) is 3.52. The number of hydrogen-bond acceptors (Lipinski definition) is 6. The van der Waals surface area contributed by atoms with Crippen LogP contribution in [-0.2, 0) is 9.53 Å². The van der Waals surface area contributed by atoms with Crippen molar-refractivity contribution in [1.29, 1.82) is 0 Å². The predicted molar refractivity (Wildman–Crippen MR) is 123 cm³/mol. The third kappa shape index (κ3) is 5.50. The first-order chi connectivity index (χ1) is 14.7. The highest BCUT2D eigenvalue weighted by molar-refractivity contribution is 7.17. The number of amides is 1. The zero-order chi connectivity index (χ0) is 20.8. The van der Waals surface area contributed by atoms with Crippen LogP contribution in [0, 0.1) is 5.92 Å². The van der Waals surface area contributed by atoms with E-state index in [9.17, 15) is 4.79 Å². The van der Waals surface area contributed by atoms with Crippen molar-refractivity contribution >= 4 is 33.1 Å². The lowest BCUT2D eigenvalue weighted by Gasteiger charge is -2.37. The van der Waals surface area contributed by atoms with Crippen LogP contribution in [0.25, 0.3) is 10.1 Å². The van der Waals surface area contributed by atoms with E-state index in [0.29, 0.717) is 19.1 Å². The van der Waals surface area contributed by atoms with Gasteiger partial charge in [0.05, 0.1) is 11.3 Å². The molecular formula is C23H34N4O2S. The van der Waals surface area contributed by atoms with Crippen LogP contribution in [0.3, 0.4) is 0 Å². The zero-order valence-electron chi connectivity index (χ0n) is 18.0. The molecule has 2 fully saturated rings. The quantitative estimate of drug-likeness (QED) is 0.694. The number of anilines is 1. The molecule has 4 rings (SSSR count). The molecule has 1 N–H and O–H groups in total. The van der Waals surface area contributed by atoms with Crippen LogP contribution in [-0.4, -0.2) is 68.3 Å². The number of fused-ring (bicyclic) bond motifs is 1. The van der Waals surface area contributed by atoms with Gasteiger partial charge in [0, 0.05) is 51.9 Å². The number of carbonyl (C=O) groups is 1. The molecule has 1 aliphatic carbocycles. The number of ether oxygens (including phenoxy) is 1. The van der Waals surface area contributed by atoms with Crippen LogP contribution in [0.4, 0.5) is 5.82 Å². The molecule has 164 valence electrons. The summed E-state index contributed by atoms with van der Waals surface area (Å²) in [6, 6.07) is 4.65. The summed E-state index contributed by atoms with van der Waals surface area (Å²) in [6.07, 6.45) is 8.40. The zero-order valence-corrected chi connectivity index (χ0v) is 18.8. The van der Waals surface area contributed by atoms with Gasteiger partial charge in [0.2, 0.25) is 5.91 Å². The second kappa shape index (κ2) is 10.6. The second-order valence-corrected chi connectivity index (χ2v) is 9.53. The van der Waals surface area contributed by atoms with Crippen molar-refractivity contribution in [3.05, 3.63) is 23.7 Å². The monoisotopic (exact) mass is 430 g/mol. The maximum atomic E-state index is 11.9. The van der Waals surface area contributed by atoms with Gasteiger partial charge in [-0.1, -0.05) is 0 Å². The fourth-order valence-electron chi connectivity index (χ4n) is 4.74. The van der Waals surface area contributed by atoms with Crippen LogP contribution in [0.1, 0.15) is 38.5 Å².